The minimum atomic E-state index is -0.339. The van der Waals surface area contributed by atoms with Crippen LogP contribution in [0.15, 0.2) is 53.5 Å². The zero-order valence-corrected chi connectivity index (χ0v) is 18.2. The summed E-state index contributed by atoms with van der Waals surface area (Å²) in [5, 5.41) is 9.09. The van der Waals surface area contributed by atoms with Gasteiger partial charge in [-0.05, 0) is 36.8 Å². The third kappa shape index (κ3) is 6.69. The highest BCUT2D eigenvalue weighted by atomic mass is 19.1. The van der Waals surface area contributed by atoms with Gasteiger partial charge in [0.2, 0.25) is 5.91 Å². The van der Waals surface area contributed by atoms with Crippen molar-refractivity contribution in [3.63, 3.8) is 0 Å². The SMILES string of the molecule is CN=C(NCc1ccc(C(=O)N2CCNC(=O)C2)cc1)NCC(C)Oc1cccc(F)c1. The number of ether oxygens (including phenoxy) is 1. The molecule has 0 aliphatic carbocycles. The van der Waals surface area contributed by atoms with Gasteiger partial charge in [-0.3, -0.25) is 14.6 Å². The minimum absolute atomic E-state index is 0.0888. The molecule has 0 spiro atoms. The number of aliphatic imine (C=N–C) groups is 1. The molecule has 3 rings (SSSR count). The summed E-state index contributed by atoms with van der Waals surface area (Å²) in [6, 6.07) is 13.3. The molecule has 32 heavy (non-hydrogen) atoms. The van der Waals surface area contributed by atoms with Crippen molar-refractivity contribution in [2.75, 3.05) is 33.2 Å². The lowest BCUT2D eigenvalue weighted by Gasteiger charge is -2.26. The lowest BCUT2D eigenvalue weighted by atomic mass is 10.1. The molecule has 1 atom stereocenters. The Balaban J connectivity index is 1.45. The molecule has 0 aromatic heterocycles. The molecule has 1 fully saturated rings. The van der Waals surface area contributed by atoms with Crippen molar-refractivity contribution in [2.24, 2.45) is 4.99 Å². The predicted molar refractivity (Wildman–Crippen MR) is 120 cm³/mol. The normalized spacial score (nSPS) is 15.0. The third-order valence-electron chi connectivity index (χ3n) is 4.90. The van der Waals surface area contributed by atoms with E-state index in [1.807, 2.05) is 19.1 Å². The Labute approximate surface area is 186 Å². The average Bonchev–Trinajstić information content (AvgIpc) is 2.79. The molecule has 2 aromatic carbocycles. The third-order valence-corrected chi connectivity index (χ3v) is 4.90. The topological polar surface area (TPSA) is 95.1 Å². The Morgan fingerprint density at radius 1 is 1.25 bits per heavy atom. The van der Waals surface area contributed by atoms with Crippen LogP contribution < -0.4 is 20.7 Å². The predicted octanol–water partition coefficient (Wildman–Crippen LogP) is 1.53. The lowest BCUT2D eigenvalue weighted by molar-refractivity contribution is -0.123. The van der Waals surface area contributed by atoms with Gasteiger partial charge in [0.1, 0.15) is 17.7 Å². The van der Waals surface area contributed by atoms with Crippen molar-refractivity contribution >= 4 is 17.8 Å². The minimum Gasteiger partial charge on any atom is -0.489 e. The van der Waals surface area contributed by atoms with Gasteiger partial charge in [-0.2, -0.15) is 0 Å². The molecular formula is C23H28FN5O3. The van der Waals surface area contributed by atoms with Crippen molar-refractivity contribution in [3.8, 4) is 5.75 Å². The molecule has 9 heteroatoms. The quantitative estimate of drug-likeness (QED) is 0.448. The van der Waals surface area contributed by atoms with Crippen LogP contribution in [0.1, 0.15) is 22.8 Å². The summed E-state index contributed by atoms with van der Waals surface area (Å²) >= 11 is 0. The van der Waals surface area contributed by atoms with E-state index in [0.717, 1.165) is 5.56 Å². The average molecular weight is 442 g/mol. The van der Waals surface area contributed by atoms with Gasteiger partial charge >= 0.3 is 0 Å². The Morgan fingerprint density at radius 2 is 2.03 bits per heavy atom. The number of guanidine groups is 1. The van der Waals surface area contributed by atoms with Crippen LogP contribution in [-0.4, -0.2) is 62.0 Å². The Kier molecular flexibility index (Phi) is 8.02. The van der Waals surface area contributed by atoms with Crippen molar-refractivity contribution in [1.82, 2.24) is 20.9 Å². The van der Waals surface area contributed by atoms with E-state index in [0.29, 0.717) is 43.5 Å². The number of hydrogen-bond donors (Lipinski definition) is 3. The van der Waals surface area contributed by atoms with Crippen molar-refractivity contribution in [3.05, 3.63) is 65.5 Å². The van der Waals surface area contributed by atoms with Crippen LogP contribution in [0.25, 0.3) is 0 Å². The first-order valence-corrected chi connectivity index (χ1v) is 10.5. The molecule has 8 nitrogen and oxygen atoms in total. The summed E-state index contributed by atoms with van der Waals surface area (Å²) in [5.41, 5.74) is 1.53. The van der Waals surface area contributed by atoms with E-state index in [1.165, 1.54) is 12.1 Å². The molecule has 1 unspecified atom stereocenters. The van der Waals surface area contributed by atoms with Crippen LogP contribution in [0.2, 0.25) is 0 Å². The van der Waals surface area contributed by atoms with Crippen molar-refractivity contribution in [2.45, 2.75) is 19.6 Å². The van der Waals surface area contributed by atoms with Gasteiger partial charge in [0.25, 0.3) is 5.91 Å². The number of amides is 2. The molecule has 1 saturated heterocycles. The second-order valence-electron chi connectivity index (χ2n) is 7.47. The summed E-state index contributed by atoms with van der Waals surface area (Å²) in [6.07, 6.45) is -0.197. The largest absolute Gasteiger partial charge is 0.489 e. The van der Waals surface area contributed by atoms with E-state index in [-0.39, 0.29) is 30.3 Å². The van der Waals surface area contributed by atoms with E-state index < -0.39 is 0 Å². The number of piperazine rings is 1. The Hall–Kier alpha value is -3.62. The van der Waals surface area contributed by atoms with Crippen LogP contribution in [-0.2, 0) is 11.3 Å². The number of hydrogen-bond acceptors (Lipinski definition) is 4. The maximum Gasteiger partial charge on any atom is 0.254 e. The van der Waals surface area contributed by atoms with Crippen molar-refractivity contribution in [1.29, 1.82) is 0 Å². The molecule has 1 heterocycles. The van der Waals surface area contributed by atoms with Crippen LogP contribution >= 0.6 is 0 Å². The standard InChI is InChI=1S/C23H28FN5O3/c1-16(32-20-5-3-4-19(24)12-20)13-27-23(25-2)28-14-17-6-8-18(9-7-17)22(31)29-11-10-26-21(30)15-29/h3-9,12,16H,10-11,13-15H2,1-2H3,(H,26,30)(H2,25,27,28). The monoisotopic (exact) mass is 441 g/mol. The smallest absolute Gasteiger partial charge is 0.254 e. The van der Waals surface area contributed by atoms with Crippen LogP contribution in [0.4, 0.5) is 4.39 Å². The highest BCUT2D eigenvalue weighted by molar-refractivity contribution is 5.97. The number of carbonyl (C=O) groups is 2. The number of carbonyl (C=O) groups excluding carboxylic acids is 2. The number of nitrogens with zero attached hydrogens (tertiary/aromatic N) is 2. The number of benzene rings is 2. The fraction of sp³-hybridized carbons (Fsp3) is 0.348. The highest BCUT2D eigenvalue weighted by Gasteiger charge is 2.22. The first-order chi connectivity index (χ1) is 15.4. The molecular weight excluding hydrogens is 413 g/mol. The molecule has 0 bridgehead atoms. The van der Waals surface area contributed by atoms with E-state index in [1.54, 1.807) is 36.2 Å². The number of halogens is 1. The van der Waals surface area contributed by atoms with Gasteiger partial charge in [-0.15, -0.1) is 0 Å². The molecule has 3 N–H and O–H groups in total. The van der Waals surface area contributed by atoms with Gasteiger partial charge < -0.3 is 25.6 Å². The fourth-order valence-electron chi connectivity index (χ4n) is 3.22. The van der Waals surface area contributed by atoms with Gasteiger partial charge in [-0.25, -0.2) is 4.39 Å². The van der Waals surface area contributed by atoms with Crippen LogP contribution in [0, 0.1) is 5.82 Å². The molecule has 2 amide bonds. The second-order valence-corrected chi connectivity index (χ2v) is 7.47. The highest BCUT2D eigenvalue weighted by Crippen LogP contribution is 2.13. The summed E-state index contributed by atoms with van der Waals surface area (Å²) in [6.45, 7) is 3.95. The van der Waals surface area contributed by atoms with Crippen LogP contribution in [0.5, 0.6) is 5.75 Å². The Bertz CT molecular complexity index is 964. The Morgan fingerprint density at radius 3 is 2.72 bits per heavy atom. The summed E-state index contributed by atoms with van der Waals surface area (Å²) in [7, 11) is 1.67. The molecule has 1 aliphatic rings. The molecule has 170 valence electrons. The van der Waals surface area contributed by atoms with Gasteiger partial charge in [0.05, 0.1) is 13.1 Å². The molecule has 1 aliphatic heterocycles. The van der Waals surface area contributed by atoms with E-state index >= 15 is 0 Å². The van der Waals surface area contributed by atoms with Gasteiger partial charge in [0, 0.05) is 38.3 Å². The fourth-order valence-corrected chi connectivity index (χ4v) is 3.22. The maximum absolute atomic E-state index is 13.3. The molecule has 0 saturated carbocycles. The zero-order chi connectivity index (χ0) is 22.9. The van der Waals surface area contributed by atoms with Gasteiger partial charge in [0.15, 0.2) is 5.96 Å². The number of nitrogens with one attached hydrogen (secondary N) is 3. The first-order valence-electron chi connectivity index (χ1n) is 10.5. The first kappa shape index (κ1) is 23.1. The van der Waals surface area contributed by atoms with E-state index in [2.05, 4.69) is 20.9 Å². The van der Waals surface area contributed by atoms with Crippen molar-refractivity contribution < 1.29 is 18.7 Å². The van der Waals surface area contributed by atoms with E-state index in [4.69, 9.17) is 4.74 Å². The summed E-state index contributed by atoms with van der Waals surface area (Å²) < 4.78 is 19.0. The lowest BCUT2D eigenvalue weighted by Crippen LogP contribution is -2.49. The molecule has 0 radical (unpaired) electrons. The summed E-state index contributed by atoms with van der Waals surface area (Å²) in [5.74, 6) is 0.444. The van der Waals surface area contributed by atoms with Gasteiger partial charge in [-0.1, -0.05) is 18.2 Å². The van der Waals surface area contributed by atoms with Crippen LogP contribution in [0.3, 0.4) is 0 Å². The maximum atomic E-state index is 13.3. The summed E-state index contributed by atoms with van der Waals surface area (Å²) in [4.78, 5) is 29.8. The number of rotatable bonds is 7. The second kappa shape index (κ2) is 11.1. The van der Waals surface area contributed by atoms with E-state index in [9.17, 15) is 14.0 Å². The zero-order valence-electron chi connectivity index (χ0n) is 18.2. The molecule has 2 aromatic rings.